The highest BCUT2D eigenvalue weighted by Crippen LogP contribution is 2.22. The van der Waals surface area contributed by atoms with Crippen LogP contribution in [-0.4, -0.2) is 131 Å². The van der Waals surface area contributed by atoms with Crippen LogP contribution in [0.3, 0.4) is 0 Å². The molecule has 0 aromatic heterocycles. The van der Waals surface area contributed by atoms with E-state index < -0.39 is 12.3 Å². The average molecular weight is 945 g/mol. The molecule has 0 saturated carbocycles. The highest BCUT2D eigenvalue weighted by atomic mass is 16.7. The van der Waals surface area contributed by atoms with Crippen molar-refractivity contribution < 1.29 is 48.2 Å². The molecule has 0 aliphatic heterocycles. The fourth-order valence-corrected chi connectivity index (χ4v) is 8.38. The van der Waals surface area contributed by atoms with Gasteiger partial charge in [0.15, 0.2) is 0 Å². The van der Waals surface area contributed by atoms with Gasteiger partial charge in [-0.05, 0) is 76.3 Å². The van der Waals surface area contributed by atoms with Crippen molar-refractivity contribution in [3.63, 3.8) is 0 Å². The third-order valence-corrected chi connectivity index (χ3v) is 12.8. The summed E-state index contributed by atoms with van der Waals surface area (Å²) in [6.07, 6.45) is 35.8. The van der Waals surface area contributed by atoms with E-state index in [0.717, 1.165) is 71.0 Å². The number of carbonyl (C=O) groups is 2. The highest BCUT2D eigenvalue weighted by molar-refractivity contribution is 5.60. The van der Waals surface area contributed by atoms with Gasteiger partial charge in [0, 0.05) is 19.6 Å². The van der Waals surface area contributed by atoms with E-state index in [2.05, 4.69) is 32.6 Å². The van der Waals surface area contributed by atoms with E-state index in [9.17, 15) is 14.7 Å². The molecule has 2 N–H and O–H groups in total. The minimum atomic E-state index is -0.552. The van der Waals surface area contributed by atoms with Gasteiger partial charge in [-0.1, -0.05) is 175 Å². The van der Waals surface area contributed by atoms with Crippen molar-refractivity contribution in [1.29, 1.82) is 0 Å². The van der Waals surface area contributed by atoms with Crippen molar-refractivity contribution in [3.05, 3.63) is 0 Å². The van der Waals surface area contributed by atoms with Crippen LogP contribution >= 0.6 is 0 Å². The summed E-state index contributed by atoms with van der Waals surface area (Å²) in [5.41, 5.74) is 0. The minimum Gasteiger partial charge on any atom is -0.434 e. The number of carbonyl (C=O) groups excluding carboxylic acids is 2. The smallest absolute Gasteiger partial charge is 0.434 e. The summed E-state index contributed by atoms with van der Waals surface area (Å²) in [6, 6.07) is 0. The number of hydrogen-bond acceptors (Lipinski definition) is 12. The topological polar surface area (TPSA) is 136 Å². The fourth-order valence-electron chi connectivity index (χ4n) is 8.38. The van der Waals surface area contributed by atoms with Crippen LogP contribution in [0.2, 0.25) is 0 Å². The van der Waals surface area contributed by atoms with Gasteiger partial charge < -0.3 is 43.5 Å². The van der Waals surface area contributed by atoms with Gasteiger partial charge >= 0.3 is 12.3 Å². The first-order chi connectivity index (χ1) is 32.4. The monoisotopic (exact) mass is 945 g/mol. The van der Waals surface area contributed by atoms with Crippen molar-refractivity contribution in [2.45, 2.75) is 227 Å². The molecule has 0 heterocycles. The second-order valence-electron chi connectivity index (χ2n) is 18.9. The van der Waals surface area contributed by atoms with E-state index in [1.165, 1.54) is 148 Å². The lowest BCUT2D eigenvalue weighted by atomic mass is 9.95. The molecule has 0 aromatic carbocycles. The Hall–Kier alpha value is -1.70. The van der Waals surface area contributed by atoms with E-state index in [-0.39, 0.29) is 13.3 Å². The molecule has 0 radical (unpaired) electrons. The SMILES string of the molecule is CCCCCCCCCC(CCCCCCC)COC(=O)OCCCCN(CCCCOC(=O)OCC(CCCCCCC)CCCCCCCC)CCOCCOCCN(CO)CCO. The number of aliphatic hydroxyl groups excluding tert-OH is 2. The second-order valence-corrected chi connectivity index (χ2v) is 18.9. The molecular formula is C54H108N2O10. The third-order valence-electron chi connectivity index (χ3n) is 12.8. The summed E-state index contributed by atoms with van der Waals surface area (Å²) in [7, 11) is 0. The maximum absolute atomic E-state index is 12.6. The van der Waals surface area contributed by atoms with Crippen LogP contribution in [0, 0.1) is 11.8 Å². The Labute approximate surface area is 406 Å². The van der Waals surface area contributed by atoms with Crippen LogP contribution in [-0.2, 0) is 28.4 Å². The van der Waals surface area contributed by atoms with Gasteiger partial charge in [0.25, 0.3) is 0 Å². The lowest BCUT2D eigenvalue weighted by Crippen LogP contribution is -2.32. The van der Waals surface area contributed by atoms with Crippen LogP contribution in [0.5, 0.6) is 0 Å². The first kappa shape index (κ1) is 64.3. The van der Waals surface area contributed by atoms with Crippen LogP contribution in [0.4, 0.5) is 9.59 Å². The Bertz CT molecular complexity index is 995. The molecule has 0 aliphatic carbocycles. The maximum atomic E-state index is 12.6. The molecule has 2 unspecified atom stereocenters. The standard InChI is InChI=1S/C54H108N2O10/c1-5-9-13-17-19-23-27-35-52(33-25-21-16-12-8-4)49-66-54(60)64-43-31-29-37-55(39-44-61-46-47-62-45-40-56(50-58)38-41-57)36-28-30-42-63-53(59)65-48-51(32-24-20-15-11-7-3)34-26-22-18-14-10-6-2/h51-52,57-58H,5-50H2,1-4H3. The first-order valence-electron chi connectivity index (χ1n) is 27.8. The van der Waals surface area contributed by atoms with Crippen molar-refractivity contribution in [1.82, 2.24) is 9.80 Å². The van der Waals surface area contributed by atoms with Gasteiger partial charge in [-0.3, -0.25) is 4.90 Å². The summed E-state index contributed by atoms with van der Waals surface area (Å²) in [6.45, 7) is 15.8. The van der Waals surface area contributed by atoms with E-state index >= 15 is 0 Å². The molecule has 0 amide bonds. The van der Waals surface area contributed by atoms with E-state index in [0.29, 0.717) is 77.8 Å². The van der Waals surface area contributed by atoms with E-state index in [1.807, 2.05) is 0 Å². The van der Waals surface area contributed by atoms with Gasteiger partial charge in [-0.2, -0.15) is 0 Å². The van der Waals surface area contributed by atoms with Gasteiger partial charge in [0.2, 0.25) is 0 Å². The fraction of sp³-hybridized carbons (Fsp3) is 0.963. The van der Waals surface area contributed by atoms with Gasteiger partial charge in [-0.25, -0.2) is 9.59 Å². The number of unbranched alkanes of at least 4 members (excludes halogenated alkanes) is 21. The summed E-state index contributed by atoms with van der Waals surface area (Å²) < 4.78 is 33.9. The molecule has 2 atom stereocenters. The molecule has 0 fully saturated rings. The molecule has 0 spiro atoms. The normalized spacial score (nSPS) is 12.5. The van der Waals surface area contributed by atoms with Crippen molar-refractivity contribution in [2.75, 3.05) is 98.9 Å². The minimum absolute atomic E-state index is 0.00237. The van der Waals surface area contributed by atoms with Crippen LogP contribution in [0.1, 0.15) is 227 Å². The van der Waals surface area contributed by atoms with Crippen LogP contribution in [0.25, 0.3) is 0 Å². The lowest BCUT2D eigenvalue weighted by molar-refractivity contribution is 0.0160. The summed E-state index contributed by atoms with van der Waals surface area (Å²) in [4.78, 5) is 29.3. The number of aliphatic hydroxyl groups is 2. The predicted molar refractivity (Wildman–Crippen MR) is 271 cm³/mol. The Balaban J connectivity index is 4.83. The Morgan fingerprint density at radius 2 is 0.712 bits per heavy atom. The van der Waals surface area contributed by atoms with Gasteiger partial charge in [0.05, 0.1) is 66.2 Å². The quantitative estimate of drug-likeness (QED) is 0.0341. The molecular weight excluding hydrogens is 837 g/mol. The Morgan fingerprint density at radius 1 is 0.364 bits per heavy atom. The number of ether oxygens (including phenoxy) is 6. The maximum Gasteiger partial charge on any atom is 0.508 e. The zero-order chi connectivity index (χ0) is 48.2. The van der Waals surface area contributed by atoms with E-state index in [4.69, 9.17) is 33.5 Å². The zero-order valence-corrected chi connectivity index (χ0v) is 43.7. The summed E-state index contributed by atoms with van der Waals surface area (Å²) in [5.74, 6) is 0.813. The summed E-state index contributed by atoms with van der Waals surface area (Å²) in [5, 5.41) is 18.4. The molecule has 0 bridgehead atoms. The molecule has 66 heavy (non-hydrogen) atoms. The Morgan fingerprint density at radius 3 is 1.06 bits per heavy atom. The zero-order valence-electron chi connectivity index (χ0n) is 43.7. The molecule has 12 heteroatoms. The molecule has 0 rings (SSSR count). The largest absolute Gasteiger partial charge is 0.508 e. The van der Waals surface area contributed by atoms with Gasteiger partial charge in [0.1, 0.15) is 0 Å². The Kier molecular flexibility index (Phi) is 51.3. The number of hydrogen-bond donors (Lipinski definition) is 2. The van der Waals surface area contributed by atoms with Gasteiger partial charge in [-0.15, -0.1) is 0 Å². The summed E-state index contributed by atoms with van der Waals surface area (Å²) >= 11 is 0. The molecule has 394 valence electrons. The lowest BCUT2D eigenvalue weighted by Gasteiger charge is -2.22. The first-order valence-corrected chi connectivity index (χ1v) is 27.8. The molecule has 0 saturated heterocycles. The molecule has 0 aromatic rings. The second kappa shape index (κ2) is 52.7. The third kappa shape index (κ3) is 46.1. The van der Waals surface area contributed by atoms with E-state index in [1.54, 1.807) is 4.90 Å². The number of nitrogens with zero attached hydrogens (tertiary/aromatic N) is 2. The molecule has 12 nitrogen and oxygen atoms in total. The highest BCUT2D eigenvalue weighted by Gasteiger charge is 2.15. The van der Waals surface area contributed by atoms with Crippen molar-refractivity contribution >= 4 is 12.3 Å². The molecule has 0 aliphatic rings. The van der Waals surface area contributed by atoms with Crippen LogP contribution < -0.4 is 0 Å². The average Bonchev–Trinajstić information content (AvgIpc) is 3.32. The predicted octanol–water partition coefficient (Wildman–Crippen LogP) is 13.3. The number of rotatable bonds is 53. The van der Waals surface area contributed by atoms with Crippen molar-refractivity contribution in [2.24, 2.45) is 11.8 Å². The van der Waals surface area contributed by atoms with Crippen molar-refractivity contribution in [3.8, 4) is 0 Å². The van der Waals surface area contributed by atoms with Crippen LogP contribution in [0.15, 0.2) is 0 Å².